The van der Waals surface area contributed by atoms with Gasteiger partial charge in [0.1, 0.15) is 5.82 Å². The van der Waals surface area contributed by atoms with Gasteiger partial charge in [-0.2, -0.15) is 13.2 Å². The average Bonchev–Trinajstić information content (AvgIpc) is 2.14. The molecule has 0 saturated carbocycles. The zero-order valence-corrected chi connectivity index (χ0v) is 10.6. The summed E-state index contributed by atoms with van der Waals surface area (Å²) in [4.78, 5) is 3.68. The first-order chi connectivity index (χ1) is 7.30. The van der Waals surface area contributed by atoms with Gasteiger partial charge in [-0.05, 0) is 28.9 Å². The Morgan fingerprint density at radius 1 is 1.56 bits per heavy atom. The van der Waals surface area contributed by atoms with Crippen molar-refractivity contribution in [2.24, 2.45) is 0 Å². The van der Waals surface area contributed by atoms with E-state index in [1.165, 1.54) is 6.20 Å². The van der Waals surface area contributed by atoms with Crippen LogP contribution in [0, 0.1) is 0 Å². The first-order valence-electron chi connectivity index (χ1n) is 4.41. The lowest BCUT2D eigenvalue weighted by atomic mass is 10.2. The molecule has 1 rings (SSSR count). The van der Waals surface area contributed by atoms with Crippen molar-refractivity contribution >= 4 is 33.3 Å². The summed E-state index contributed by atoms with van der Waals surface area (Å²) in [6.07, 6.45) is -3.13. The molecule has 2 nitrogen and oxygen atoms in total. The summed E-state index contributed by atoms with van der Waals surface area (Å²) in [7, 11) is 0. The van der Waals surface area contributed by atoms with Gasteiger partial charge in [0.2, 0.25) is 0 Å². The van der Waals surface area contributed by atoms with E-state index in [0.717, 1.165) is 6.07 Å². The molecule has 1 heterocycles. The number of pyridine rings is 1. The first kappa shape index (κ1) is 13.6. The Labute approximate surface area is 104 Å². The molecule has 0 aromatic carbocycles. The predicted molar refractivity (Wildman–Crippen MR) is 60.7 cm³/mol. The van der Waals surface area contributed by atoms with E-state index in [-0.39, 0.29) is 22.2 Å². The number of hydrogen-bond acceptors (Lipinski definition) is 2. The molecule has 0 bridgehead atoms. The highest BCUT2D eigenvalue weighted by Crippen LogP contribution is 2.35. The number of rotatable bonds is 3. The second-order valence-electron chi connectivity index (χ2n) is 3.21. The van der Waals surface area contributed by atoms with Crippen molar-refractivity contribution in [2.45, 2.75) is 18.5 Å². The molecule has 1 aromatic heterocycles. The average molecular weight is 318 g/mol. The molecule has 0 aliphatic carbocycles. The third kappa shape index (κ3) is 3.83. The van der Waals surface area contributed by atoms with Crippen LogP contribution in [-0.4, -0.2) is 16.9 Å². The Balaban J connectivity index is 2.99. The molecule has 1 aromatic rings. The molecule has 0 aliphatic rings. The summed E-state index contributed by atoms with van der Waals surface area (Å²) in [5, 5.41) is 2.29. The summed E-state index contributed by atoms with van der Waals surface area (Å²) in [6.45, 7) is 1.90. The SMILES string of the molecule is CC(Cl)CNc1ncc(Br)cc1C(F)(F)F. The number of nitrogens with zero attached hydrogens (tertiary/aromatic N) is 1. The van der Waals surface area contributed by atoms with Crippen molar-refractivity contribution in [3.8, 4) is 0 Å². The van der Waals surface area contributed by atoms with Crippen LogP contribution in [0.2, 0.25) is 0 Å². The summed E-state index contributed by atoms with van der Waals surface area (Å²) < 4.78 is 38.1. The van der Waals surface area contributed by atoms with Crippen LogP contribution < -0.4 is 5.32 Å². The van der Waals surface area contributed by atoms with Crippen LogP contribution in [0.5, 0.6) is 0 Å². The second kappa shape index (κ2) is 5.23. The predicted octanol–water partition coefficient (Wildman–Crippen LogP) is 3.90. The molecule has 16 heavy (non-hydrogen) atoms. The van der Waals surface area contributed by atoms with Gasteiger partial charge >= 0.3 is 6.18 Å². The monoisotopic (exact) mass is 316 g/mol. The van der Waals surface area contributed by atoms with E-state index in [1.54, 1.807) is 6.92 Å². The molecule has 0 spiro atoms. The van der Waals surface area contributed by atoms with Crippen LogP contribution in [0.3, 0.4) is 0 Å². The lowest BCUT2D eigenvalue weighted by Gasteiger charge is -2.14. The number of aromatic nitrogens is 1. The van der Waals surface area contributed by atoms with Gasteiger partial charge in [-0.1, -0.05) is 0 Å². The molecule has 1 N–H and O–H groups in total. The van der Waals surface area contributed by atoms with E-state index >= 15 is 0 Å². The van der Waals surface area contributed by atoms with Gasteiger partial charge in [0.25, 0.3) is 0 Å². The van der Waals surface area contributed by atoms with E-state index in [9.17, 15) is 13.2 Å². The largest absolute Gasteiger partial charge is 0.419 e. The summed E-state index contributed by atoms with van der Waals surface area (Å²) in [5.41, 5.74) is -0.806. The molecular weight excluding hydrogens is 308 g/mol. The van der Waals surface area contributed by atoms with Gasteiger partial charge < -0.3 is 5.32 Å². The van der Waals surface area contributed by atoms with E-state index in [1.807, 2.05) is 0 Å². The summed E-state index contributed by atoms with van der Waals surface area (Å²) in [5.74, 6) is -0.205. The fraction of sp³-hybridized carbons (Fsp3) is 0.444. The zero-order chi connectivity index (χ0) is 12.3. The number of halogens is 5. The van der Waals surface area contributed by atoms with E-state index in [4.69, 9.17) is 11.6 Å². The second-order valence-corrected chi connectivity index (χ2v) is 4.87. The van der Waals surface area contributed by atoms with Crippen LogP contribution in [0.25, 0.3) is 0 Å². The van der Waals surface area contributed by atoms with Gasteiger partial charge in [0.05, 0.1) is 5.56 Å². The summed E-state index contributed by atoms with van der Waals surface area (Å²) in [6, 6.07) is 0.980. The molecule has 7 heteroatoms. The molecular formula is C9H9BrClF3N2. The lowest BCUT2D eigenvalue weighted by Crippen LogP contribution is -2.16. The zero-order valence-electron chi connectivity index (χ0n) is 8.28. The third-order valence-electron chi connectivity index (χ3n) is 1.71. The van der Waals surface area contributed by atoms with Crippen LogP contribution in [0.1, 0.15) is 12.5 Å². The molecule has 0 radical (unpaired) electrons. The maximum absolute atomic E-state index is 12.6. The number of alkyl halides is 4. The Kier molecular flexibility index (Phi) is 4.43. The topological polar surface area (TPSA) is 24.9 Å². The lowest BCUT2D eigenvalue weighted by molar-refractivity contribution is -0.137. The van der Waals surface area contributed by atoms with Crippen molar-refractivity contribution < 1.29 is 13.2 Å². The standard InChI is InChI=1S/C9H9BrClF3N2/c1-5(11)3-15-8-7(9(12,13)14)2-6(10)4-16-8/h2,4-5H,3H2,1H3,(H,15,16). The Morgan fingerprint density at radius 2 is 2.19 bits per heavy atom. The van der Waals surface area contributed by atoms with E-state index < -0.39 is 11.7 Å². The minimum atomic E-state index is -4.44. The maximum atomic E-state index is 12.6. The highest BCUT2D eigenvalue weighted by atomic mass is 79.9. The minimum Gasteiger partial charge on any atom is -0.368 e. The molecule has 1 atom stereocenters. The molecule has 0 amide bonds. The van der Waals surface area contributed by atoms with Gasteiger partial charge in [0, 0.05) is 22.6 Å². The quantitative estimate of drug-likeness (QED) is 0.855. The van der Waals surface area contributed by atoms with Crippen molar-refractivity contribution in [3.63, 3.8) is 0 Å². The fourth-order valence-corrected chi connectivity index (χ4v) is 1.44. The van der Waals surface area contributed by atoms with Gasteiger partial charge in [-0.3, -0.25) is 0 Å². The highest BCUT2D eigenvalue weighted by Gasteiger charge is 2.34. The molecule has 1 unspecified atom stereocenters. The van der Waals surface area contributed by atoms with E-state index in [0.29, 0.717) is 0 Å². The van der Waals surface area contributed by atoms with Crippen LogP contribution >= 0.6 is 27.5 Å². The highest BCUT2D eigenvalue weighted by molar-refractivity contribution is 9.10. The molecule has 0 fully saturated rings. The first-order valence-corrected chi connectivity index (χ1v) is 5.64. The smallest absolute Gasteiger partial charge is 0.368 e. The van der Waals surface area contributed by atoms with Crippen LogP contribution in [0.4, 0.5) is 19.0 Å². The fourth-order valence-electron chi connectivity index (χ4n) is 1.03. The minimum absolute atomic E-state index is 0.205. The Morgan fingerprint density at radius 3 is 2.69 bits per heavy atom. The number of anilines is 1. The van der Waals surface area contributed by atoms with Crippen molar-refractivity contribution in [1.29, 1.82) is 0 Å². The third-order valence-corrected chi connectivity index (χ3v) is 2.30. The van der Waals surface area contributed by atoms with Gasteiger partial charge in [-0.15, -0.1) is 11.6 Å². The summed E-state index contributed by atoms with van der Waals surface area (Å²) >= 11 is 8.60. The Hall–Kier alpha value is -0.490. The van der Waals surface area contributed by atoms with Crippen molar-refractivity contribution in [1.82, 2.24) is 4.98 Å². The Bertz CT molecular complexity index is 368. The molecule has 90 valence electrons. The van der Waals surface area contributed by atoms with Gasteiger partial charge in [0.15, 0.2) is 0 Å². The number of hydrogen-bond donors (Lipinski definition) is 1. The molecule has 0 aliphatic heterocycles. The van der Waals surface area contributed by atoms with Crippen molar-refractivity contribution in [2.75, 3.05) is 11.9 Å². The molecule has 0 saturated heterocycles. The van der Waals surface area contributed by atoms with Crippen LogP contribution in [-0.2, 0) is 6.18 Å². The number of nitrogens with one attached hydrogen (secondary N) is 1. The van der Waals surface area contributed by atoms with Gasteiger partial charge in [-0.25, -0.2) is 4.98 Å². The van der Waals surface area contributed by atoms with Crippen LogP contribution in [0.15, 0.2) is 16.7 Å². The maximum Gasteiger partial charge on any atom is 0.419 e. The van der Waals surface area contributed by atoms with Crippen molar-refractivity contribution in [3.05, 3.63) is 22.3 Å². The normalized spacial score (nSPS) is 13.6. The van der Waals surface area contributed by atoms with E-state index in [2.05, 4.69) is 26.2 Å².